The highest BCUT2D eigenvalue weighted by Gasteiger charge is 2.01. The van der Waals surface area contributed by atoms with Gasteiger partial charge in [-0.25, -0.2) is 9.98 Å². The number of aromatic hydroxyl groups is 1. The van der Waals surface area contributed by atoms with Gasteiger partial charge in [0.05, 0.1) is 6.54 Å². The molecule has 0 amide bonds. The molecule has 0 bridgehead atoms. The van der Waals surface area contributed by atoms with Gasteiger partial charge in [-0.15, -0.1) is 35.3 Å². The number of benzene rings is 1. The largest absolute Gasteiger partial charge is 0.508 e. The molecule has 0 saturated heterocycles. The monoisotopic (exact) mass is 446 g/mol. The summed E-state index contributed by atoms with van der Waals surface area (Å²) in [5.74, 6) is 1.09. The summed E-state index contributed by atoms with van der Waals surface area (Å²) in [4.78, 5) is 10.1. The molecule has 0 aliphatic heterocycles. The Hall–Kier alpha value is -1.35. The maximum Gasteiger partial charge on any atom is 0.191 e. The van der Waals surface area contributed by atoms with Gasteiger partial charge >= 0.3 is 0 Å². The van der Waals surface area contributed by atoms with Crippen molar-refractivity contribution in [3.8, 4) is 5.75 Å². The Morgan fingerprint density at radius 2 is 2.17 bits per heavy atom. The van der Waals surface area contributed by atoms with E-state index in [-0.39, 0.29) is 24.0 Å². The molecule has 0 aliphatic rings. The second-order valence-corrected chi connectivity index (χ2v) is 6.23. The SMILES string of the molecule is CCNC(=NCc1ncc(C)s1)NCCc1cccc(O)c1.I. The van der Waals surface area contributed by atoms with Crippen molar-refractivity contribution >= 4 is 41.3 Å². The van der Waals surface area contributed by atoms with E-state index in [1.165, 1.54) is 4.88 Å². The van der Waals surface area contributed by atoms with E-state index in [1.54, 1.807) is 23.5 Å². The molecule has 126 valence electrons. The van der Waals surface area contributed by atoms with E-state index in [4.69, 9.17) is 0 Å². The molecule has 2 rings (SSSR count). The Labute approximate surface area is 158 Å². The van der Waals surface area contributed by atoms with E-state index >= 15 is 0 Å². The summed E-state index contributed by atoms with van der Waals surface area (Å²) in [6.45, 7) is 6.24. The average Bonchev–Trinajstić information content (AvgIpc) is 2.90. The van der Waals surface area contributed by atoms with Crippen LogP contribution in [0.2, 0.25) is 0 Å². The van der Waals surface area contributed by atoms with Crippen LogP contribution >= 0.6 is 35.3 Å². The van der Waals surface area contributed by atoms with Gasteiger partial charge in [-0.2, -0.15) is 0 Å². The summed E-state index contributed by atoms with van der Waals surface area (Å²) in [6, 6.07) is 7.32. The van der Waals surface area contributed by atoms with E-state index in [9.17, 15) is 5.11 Å². The molecule has 0 atom stereocenters. The van der Waals surface area contributed by atoms with Gasteiger partial charge in [-0.1, -0.05) is 12.1 Å². The van der Waals surface area contributed by atoms with E-state index in [2.05, 4.69) is 20.6 Å². The Morgan fingerprint density at radius 1 is 1.35 bits per heavy atom. The van der Waals surface area contributed by atoms with Gasteiger partial charge in [0.1, 0.15) is 10.8 Å². The predicted octanol–water partition coefficient (Wildman–Crippen LogP) is 3.07. The highest BCUT2D eigenvalue weighted by atomic mass is 127. The fourth-order valence-corrected chi connectivity index (χ4v) is 2.71. The molecule has 0 unspecified atom stereocenters. The topological polar surface area (TPSA) is 69.5 Å². The van der Waals surface area contributed by atoms with E-state index in [0.29, 0.717) is 12.3 Å². The van der Waals surface area contributed by atoms with Crippen molar-refractivity contribution < 1.29 is 5.11 Å². The minimum atomic E-state index is 0. The number of halogens is 1. The second-order valence-electron chi connectivity index (χ2n) is 4.91. The first kappa shape index (κ1) is 19.7. The van der Waals surface area contributed by atoms with E-state index in [0.717, 1.165) is 36.0 Å². The molecule has 5 nitrogen and oxygen atoms in total. The van der Waals surface area contributed by atoms with Gasteiger partial charge in [0.15, 0.2) is 5.96 Å². The van der Waals surface area contributed by atoms with Crippen molar-refractivity contribution in [1.29, 1.82) is 0 Å². The molecule has 0 aliphatic carbocycles. The second kappa shape index (κ2) is 10.4. The first-order chi connectivity index (χ1) is 10.7. The number of hydrogen-bond donors (Lipinski definition) is 3. The van der Waals surface area contributed by atoms with Gasteiger partial charge in [-0.05, 0) is 38.0 Å². The number of nitrogens with zero attached hydrogens (tertiary/aromatic N) is 2. The van der Waals surface area contributed by atoms with Crippen LogP contribution in [0.15, 0.2) is 35.5 Å². The molecule has 0 spiro atoms. The number of thiazole rings is 1. The lowest BCUT2D eigenvalue weighted by atomic mass is 10.1. The van der Waals surface area contributed by atoms with Crippen molar-refractivity contribution in [3.05, 3.63) is 45.9 Å². The molecule has 1 heterocycles. The van der Waals surface area contributed by atoms with Crippen molar-refractivity contribution in [2.45, 2.75) is 26.8 Å². The standard InChI is InChI=1S/C16H22N4OS.HI/c1-3-17-16(20-11-15-19-10-12(2)22-15)18-8-7-13-5-4-6-14(21)9-13;/h4-6,9-10,21H,3,7-8,11H2,1-2H3,(H2,17,18,20);1H. The Bertz CT molecular complexity index is 630. The minimum Gasteiger partial charge on any atom is -0.508 e. The predicted molar refractivity (Wildman–Crippen MR) is 107 cm³/mol. The third kappa shape index (κ3) is 7.17. The van der Waals surface area contributed by atoms with Gasteiger partial charge < -0.3 is 15.7 Å². The lowest BCUT2D eigenvalue weighted by Crippen LogP contribution is -2.38. The van der Waals surface area contributed by atoms with Gasteiger partial charge in [0.2, 0.25) is 0 Å². The summed E-state index contributed by atoms with van der Waals surface area (Å²) in [5, 5.41) is 17.0. The molecular formula is C16H23IN4OS. The summed E-state index contributed by atoms with van der Waals surface area (Å²) in [6.07, 6.45) is 2.70. The van der Waals surface area contributed by atoms with Crippen LogP contribution in [0.3, 0.4) is 0 Å². The maximum absolute atomic E-state index is 9.46. The quantitative estimate of drug-likeness (QED) is 0.363. The number of nitrogens with one attached hydrogen (secondary N) is 2. The zero-order valence-electron chi connectivity index (χ0n) is 13.4. The molecule has 23 heavy (non-hydrogen) atoms. The van der Waals surface area contributed by atoms with E-state index < -0.39 is 0 Å². The lowest BCUT2D eigenvalue weighted by molar-refractivity contribution is 0.474. The summed E-state index contributed by atoms with van der Waals surface area (Å²) < 4.78 is 0. The first-order valence-electron chi connectivity index (χ1n) is 7.38. The van der Waals surface area contributed by atoms with Crippen LogP contribution < -0.4 is 10.6 Å². The molecule has 0 fully saturated rings. The minimum absolute atomic E-state index is 0. The van der Waals surface area contributed by atoms with Crippen molar-refractivity contribution in [1.82, 2.24) is 15.6 Å². The average molecular weight is 446 g/mol. The van der Waals surface area contributed by atoms with Crippen molar-refractivity contribution in [2.75, 3.05) is 13.1 Å². The number of phenolic OH excluding ortho intramolecular Hbond substituents is 1. The number of aromatic nitrogens is 1. The third-order valence-corrected chi connectivity index (χ3v) is 3.90. The Kier molecular flexibility index (Phi) is 8.93. The lowest BCUT2D eigenvalue weighted by Gasteiger charge is -2.11. The van der Waals surface area contributed by atoms with Crippen LogP contribution in [0, 0.1) is 6.92 Å². The van der Waals surface area contributed by atoms with Gasteiger partial charge in [0.25, 0.3) is 0 Å². The normalized spacial score (nSPS) is 11.0. The highest BCUT2D eigenvalue weighted by molar-refractivity contribution is 14.0. The molecule has 1 aromatic carbocycles. The third-order valence-electron chi connectivity index (χ3n) is 3.00. The first-order valence-corrected chi connectivity index (χ1v) is 8.20. The zero-order valence-corrected chi connectivity index (χ0v) is 16.5. The number of phenols is 1. The smallest absolute Gasteiger partial charge is 0.191 e. The summed E-state index contributed by atoms with van der Waals surface area (Å²) in [7, 11) is 0. The van der Waals surface area contributed by atoms with E-state index in [1.807, 2.05) is 32.2 Å². The van der Waals surface area contributed by atoms with Gasteiger partial charge in [0, 0.05) is 24.2 Å². The number of hydrogen-bond acceptors (Lipinski definition) is 4. The molecule has 2 aromatic rings. The molecule has 0 saturated carbocycles. The maximum atomic E-state index is 9.46. The number of rotatable bonds is 6. The molecule has 1 aromatic heterocycles. The number of aryl methyl sites for hydroxylation is 1. The molecular weight excluding hydrogens is 423 g/mol. The number of aliphatic imine (C=N–C) groups is 1. The zero-order chi connectivity index (χ0) is 15.8. The fourth-order valence-electron chi connectivity index (χ4n) is 2.00. The summed E-state index contributed by atoms with van der Waals surface area (Å²) >= 11 is 1.67. The van der Waals surface area contributed by atoms with Crippen molar-refractivity contribution in [2.24, 2.45) is 4.99 Å². The molecule has 3 N–H and O–H groups in total. The van der Waals surface area contributed by atoms with Crippen molar-refractivity contribution in [3.63, 3.8) is 0 Å². The Morgan fingerprint density at radius 3 is 2.83 bits per heavy atom. The molecule has 0 radical (unpaired) electrons. The number of guanidine groups is 1. The van der Waals surface area contributed by atoms with Crippen LogP contribution in [0.1, 0.15) is 22.4 Å². The van der Waals surface area contributed by atoms with Crippen LogP contribution in [0.4, 0.5) is 0 Å². The van der Waals surface area contributed by atoms with Crippen LogP contribution in [-0.4, -0.2) is 29.1 Å². The Balaban J connectivity index is 0.00000264. The van der Waals surface area contributed by atoms with Crippen LogP contribution in [0.25, 0.3) is 0 Å². The molecule has 7 heteroatoms. The summed E-state index contributed by atoms with van der Waals surface area (Å²) in [5.41, 5.74) is 1.10. The van der Waals surface area contributed by atoms with Crippen LogP contribution in [-0.2, 0) is 13.0 Å². The van der Waals surface area contributed by atoms with Crippen LogP contribution in [0.5, 0.6) is 5.75 Å². The van der Waals surface area contributed by atoms with Gasteiger partial charge in [-0.3, -0.25) is 0 Å². The highest BCUT2D eigenvalue weighted by Crippen LogP contribution is 2.12. The fraction of sp³-hybridized carbons (Fsp3) is 0.375.